The number of alkyl halides is 1. The van der Waals surface area contributed by atoms with Gasteiger partial charge in [0.2, 0.25) is 5.91 Å². The van der Waals surface area contributed by atoms with Crippen LogP contribution in [0.2, 0.25) is 0 Å². The summed E-state index contributed by atoms with van der Waals surface area (Å²) in [6, 6.07) is 0. The van der Waals surface area contributed by atoms with E-state index in [1.807, 2.05) is 0 Å². The van der Waals surface area contributed by atoms with Crippen LogP contribution >= 0.6 is 15.9 Å². The molecule has 0 unspecified atom stereocenters. The van der Waals surface area contributed by atoms with Gasteiger partial charge < -0.3 is 5.32 Å². The van der Waals surface area contributed by atoms with E-state index in [2.05, 4.69) is 35.1 Å². The molecule has 0 bridgehead atoms. The zero-order valence-corrected chi connectivity index (χ0v) is 13.5. The molecule has 1 amide bonds. The second-order valence-electron chi connectivity index (χ2n) is 6.42. The minimum absolute atomic E-state index is 0.198. The molecule has 1 saturated carbocycles. The van der Waals surface area contributed by atoms with Crippen molar-refractivity contribution in [3.63, 3.8) is 0 Å². The Morgan fingerprint density at radius 1 is 1.28 bits per heavy atom. The van der Waals surface area contributed by atoms with Gasteiger partial charge in [-0.25, -0.2) is 0 Å². The van der Waals surface area contributed by atoms with Crippen LogP contribution in [0.25, 0.3) is 0 Å². The maximum Gasteiger partial charge on any atom is 0.220 e. The van der Waals surface area contributed by atoms with E-state index >= 15 is 0 Å². The van der Waals surface area contributed by atoms with Crippen molar-refractivity contribution in [2.24, 2.45) is 11.3 Å². The molecule has 1 rings (SSSR count). The zero-order valence-electron chi connectivity index (χ0n) is 11.9. The van der Waals surface area contributed by atoms with Gasteiger partial charge in [-0.05, 0) is 24.2 Å². The molecule has 3 heteroatoms. The minimum atomic E-state index is 0.198. The molecule has 0 saturated heterocycles. The highest BCUT2D eigenvalue weighted by molar-refractivity contribution is 9.09. The first-order valence-electron chi connectivity index (χ1n) is 7.36. The van der Waals surface area contributed by atoms with Gasteiger partial charge in [-0.1, -0.05) is 61.9 Å². The molecule has 0 radical (unpaired) electrons. The van der Waals surface area contributed by atoms with Crippen molar-refractivity contribution in [1.82, 2.24) is 5.32 Å². The molecular weight excluding hydrogens is 290 g/mol. The lowest BCUT2D eigenvalue weighted by atomic mass is 9.86. The zero-order chi connectivity index (χ0) is 13.4. The quantitative estimate of drug-likeness (QED) is 0.698. The maximum absolute atomic E-state index is 11.8. The Kier molecular flexibility index (Phi) is 7.28. The first kappa shape index (κ1) is 16.0. The predicted octanol–water partition coefficient (Wildman–Crippen LogP) is 4.27. The molecule has 1 aliphatic rings. The smallest absolute Gasteiger partial charge is 0.220 e. The van der Waals surface area contributed by atoms with Crippen LogP contribution in [-0.2, 0) is 4.79 Å². The van der Waals surface area contributed by atoms with Gasteiger partial charge in [0.15, 0.2) is 0 Å². The number of hydrogen-bond donors (Lipinski definition) is 1. The third-order valence-electron chi connectivity index (χ3n) is 4.04. The molecule has 0 aromatic heterocycles. The Bertz CT molecular complexity index is 247. The number of halogens is 1. The summed E-state index contributed by atoms with van der Waals surface area (Å²) in [5, 5.41) is 4.09. The molecule has 0 aliphatic heterocycles. The standard InChI is InChI=1S/C15H28BrNO/c1-15(2,10-11-16)12-17-14(18)9-8-13-6-4-3-5-7-13/h13H,3-12H2,1-2H3,(H,17,18). The molecule has 0 aromatic carbocycles. The molecule has 18 heavy (non-hydrogen) atoms. The lowest BCUT2D eigenvalue weighted by Gasteiger charge is -2.24. The van der Waals surface area contributed by atoms with E-state index in [0.717, 1.165) is 37.1 Å². The van der Waals surface area contributed by atoms with Crippen LogP contribution in [0.4, 0.5) is 0 Å². The van der Waals surface area contributed by atoms with Gasteiger partial charge in [-0.3, -0.25) is 4.79 Å². The Hall–Kier alpha value is -0.0500. The van der Waals surface area contributed by atoms with E-state index < -0.39 is 0 Å². The van der Waals surface area contributed by atoms with E-state index in [-0.39, 0.29) is 11.3 Å². The highest BCUT2D eigenvalue weighted by Gasteiger charge is 2.19. The molecule has 0 heterocycles. The molecule has 2 nitrogen and oxygen atoms in total. The summed E-state index contributed by atoms with van der Waals surface area (Å²) < 4.78 is 0. The van der Waals surface area contributed by atoms with Crippen LogP contribution in [0.1, 0.15) is 65.2 Å². The Morgan fingerprint density at radius 2 is 1.94 bits per heavy atom. The van der Waals surface area contributed by atoms with Crippen LogP contribution in [0, 0.1) is 11.3 Å². The molecule has 106 valence electrons. The molecule has 1 N–H and O–H groups in total. The van der Waals surface area contributed by atoms with Gasteiger partial charge in [0.05, 0.1) is 0 Å². The third kappa shape index (κ3) is 6.77. The number of hydrogen-bond acceptors (Lipinski definition) is 1. The predicted molar refractivity (Wildman–Crippen MR) is 81.0 cm³/mol. The van der Waals surface area contributed by atoms with Gasteiger partial charge in [-0.15, -0.1) is 0 Å². The summed E-state index contributed by atoms with van der Waals surface area (Å²) in [6.45, 7) is 5.20. The summed E-state index contributed by atoms with van der Waals surface area (Å²) in [4.78, 5) is 11.8. The van der Waals surface area contributed by atoms with Gasteiger partial charge >= 0.3 is 0 Å². The summed E-state index contributed by atoms with van der Waals surface area (Å²) in [6.07, 6.45) is 9.69. The van der Waals surface area contributed by atoms with Gasteiger partial charge in [0, 0.05) is 18.3 Å². The minimum Gasteiger partial charge on any atom is -0.356 e. The molecule has 0 atom stereocenters. The fourth-order valence-electron chi connectivity index (χ4n) is 2.58. The fourth-order valence-corrected chi connectivity index (χ4v) is 3.65. The molecule has 0 spiro atoms. The number of carbonyl (C=O) groups is 1. The van der Waals surface area contributed by atoms with Crippen molar-refractivity contribution in [2.45, 2.75) is 65.2 Å². The van der Waals surface area contributed by atoms with Crippen molar-refractivity contribution in [2.75, 3.05) is 11.9 Å². The average molecular weight is 318 g/mol. The largest absolute Gasteiger partial charge is 0.356 e. The normalized spacial score (nSPS) is 17.7. The van der Waals surface area contributed by atoms with Crippen molar-refractivity contribution in [1.29, 1.82) is 0 Å². The van der Waals surface area contributed by atoms with Gasteiger partial charge in [0.1, 0.15) is 0 Å². The molecule has 0 aromatic rings. The van der Waals surface area contributed by atoms with Crippen LogP contribution in [0.5, 0.6) is 0 Å². The Labute approximate surface area is 120 Å². The second kappa shape index (κ2) is 8.19. The third-order valence-corrected chi connectivity index (χ3v) is 4.44. The van der Waals surface area contributed by atoms with Crippen molar-refractivity contribution in [3.8, 4) is 0 Å². The second-order valence-corrected chi connectivity index (χ2v) is 7.22. The van der Waals surface area contributed by atoms with E-state index in [1.54, 1.807) is 0 Å². The number of amides is 1. The van der Waals surface area contributed by atoms with Crippen LogP contribution in [-0.4, -0.2) is 17.8 Å². The lowest BCUT2D eigenvalue weighted by molar-refractivity contribution is -0.121. The summed E-state index contributed by atoms with van der Waals surface area (Å²) >= 11 is 3.46. The summed E-state index contributed by atoms with van der Waals surface area (Å²) in [5.41, 5.74) is 0.198. The Balaban J connectivity index is 2.13. The van der Waals surface area contributed by atoms with E-state index in [4.69, 9.17) is 0 Å². The van der Waals surface area contributed by atoms with Crippen LogP contribution in [0.3, 0.4) is 0 Å². The number of carbonyl (C=O) groups excluding carboxylic acids is 1. The SMILES string of the molecule is CC(C)(CCBr)CNC(=O)CCC1CCCCC1. The highest BCUT2D eigenvalue weighted by atomic mass is 79.9. The van der Waals surface area contributed by atoms with E-state index in [1.165, 1.54) is 32.1 Å². The lowest BCUT2D eigenvalue weighted by Crippen LogP contribution is -2.34. The Morgan fingerprint density at radius 3 is 2.56 bits per heavy atom. The molecular formula is C15H28BrNO. The van der Waals surface area contributed by atoms with Crippen LogP contribution in [0.15, 0.2) is 0 Å². The fraction of sp³-hybridized carbons (Fsp3) is 0.933. The van der Waals surface area contributed by atoms with Gasteiger partial charge in [0.25, 0.3) is 0 Å². The molecule has 1 aliphatic carbocycles. The van der Waals surface area contributed by atoms with Crippen molar-refractivity contribution in [3.05, 3.63) is 0 Å². The number of nitrogens with one attached hydrogen (secondary N) is 1. The monoisotopic (exact) mass is 317 g/mol. The maximum atomic E-state index is 11.8. The summed E-state index contributed by atoms with van der Waals surface area (Å²) in [7, 11) is 0. The van der Waals surface area contributed by atoms with Crippen LogP contribution < -0.4 is 5.32 Å². The molecule has 1 fully saturated rings. The van der Waals surface area contributed by atoms with E-state index in [0.29, 0.717) is 0 Å². The first-order chi connectivity index (χ1) is 8.53. The number of rotatable bonds is 7. The van der Waals surface area contributed by atoms with Crippen molar-refractivity contribution >= 4 is 21.8 Å². The van der Waals surface area contributed by atoms with Gasteiger partial charge in [-0.2, -0.15) is 0 Å². The average Bonchev–Trinajstić information content (AvgIpc) is 2.35. The van der Waals surface area contributed by atoms with Crippen molar-refractivity contribution < 1.29 is 4.79 Å². The topological polar surface area (TPSA) is 29.1 Å². The summed E-state index contributed by atoms with van der Waals surface area (Å²) in [5.74, 6) is 1.04. The highest BCUT2D eigenvalue weighted by Crippen LogP contribution is 2.27. The first-order valence-corrected chi connectivity index (χ1v) is 8.48. The van der Waals surface area contributed by atoms with E-state index in [9.17, 15) is 4.79 Å².